The molecule has 0 fully saturated rings. The van der Waals surface area contributed by atoms with Crippen molar-refractivity contribution in [3.63, 3.8) is 0 Å². The van der Waals surface area contributed by atoms with E-state index >= 15 is 0 Å². The minimum Gasteiger partial charge on any atom is -0.496 e. The molecule has 1 aromatic rings. The lowest BCUT2D eigenvalue weighted by atomic mass is 10.00. The van der Waals surface area contributed by atoms with E-state index in [4.69, 9.17) is 10.5 Å². The Kier molecular flexibility index (Phi) is 4.90. The van der Waals surface area contributed by atoms with Crippen LogP contribution in [0.15, 0.2) is 18.2 Å². The van der Waals surface area contributed by atoms with Gasteiger partial charge in [0.25, 0.3) is 0 Å². The van der Waals surface area contributed by atoms with Crippen LogP contribution in [0, 0.1) is 0 Å². The Labute approximate surface area is 111 Å². The van der Waals surface area contributed by atoms with Crippen LogP contribution in [0.25, 0.3) is 0 Å². The van der Waals surface area contributed by atoms with Crippen molar-refractivity contribution in [2.45, 2.75) is 31.2 Å². The molecule has 0 heterocycles. The third-order valence-corrected chi connectivity index (χ3v) is 2.70. The van der Waals surface area contributed by atoms with Crippen LogP contribution in [0.4, 0.5) is 26.3 Å². The largest absolute Gasteiger partial charge is 0.496 e. The van der Waals surface area contributed by atoms with Gasteiger partial charge >= 0.3 is 12.4 Å². The number of ether oxygens (including phenoxy) is 1. The second-order valence-corrected chi connectivity index (χ2v) is 4.21. The molecule has 0 unspecified atom stereocenters. The molecule has 114 valence electrons. The van der Waals surface area contributed by atoms with Crippen LogP contribution >= 0.6 is 0 Å². The smallest absolute Gasteiger partial charge is 0.416 e. The highest BCUT2D eigenvalue weighted by Crippen LogP contribution is 2.36. The summed E-state index contributed by atoms with van der Waals surface area (Å²) < 4.78 is 78.6. The number of alkyl halides is 6. The second-order valence-electron chi connectivity index (χ2n) is 4.21. The fraction of sp³-hybridized carbons (Fsp3) is 0.500. The van der Waals surface area contributed by atoms with Crippen molar-refractivity contribution < 1.29 is 31.1 Å². The summed E-state index contributed by atoms with van der Waals surface area (Å²) in [7, 11) is 1.13. The Balaban J connectivity index is 2.95. The fourth-order valence-electron chi connectivity index (χ4n) is 1.67. The molecular formula is C12H13F6NO. The van der Waals surface area contributed by atoms with Crippen LogP contribution in [0.5, 0.6) is 5.75 Å². The van der Waals surface area contributed by atoms with Gasteiger partial charge in [0.1, 0.15) is 5.75 Å². The fourth-order valence-corrected chi connectivity index (χ4v) is 1.67. The first-order chi connectivity index (χ1) is 9.04. The molecule has 0 saturated carbocycles. The van der Waals surface area contributed by atoms with Gasteiger partial charge in [0.15, 0.2) is 0 Å². The third-order valence-electron chi connectivity index (χ3n) is 2.70. The Morgan fingerprint density at radius 3 is 2.20 bits per heavy atom. The highest BCUT2D eigenvalue weighted by atomic mass is 19.4. The van der Waals surface area contributed by atoms with E-state index in [1.54, 1.807) is 0 Å². The third kappa shape index (κ3) is 4.59. The van der Waals surface area contributed by atoms with Gasteiger partial charge in [-0.25, -0.2) is 0 Å². The van der Waals surface area contributed by atoms with Gasteiger partial charge in [-0.1, -0.05) is 6.07 Å². The van der Waals surface area contributed by atoms with Gasteiger partial charge in [-0.15, -0.1) is 0 Å². The standard InChI is InChI=1S/C12H13F6NO/c1-20-10-6-7(12(16,17)18)2-3-8(10)9(19)4-5-11(13,14)15/h2-3,6,9H,4-5,19H2,1H3/t9-/m0/s1. The van der Waals surface area contributed by atoms with Gasteiger partial charge in [0.05, 0.1) is 12.7 Å². The summed E-state index contributed by atoms with van der Waals surface area (Å²) in [5.74, 6) is -0.172. The second kappa shape index (κ2) is 5.90. The normalized spacial score (nSPS) is 14.2. The van der Waals surface area contributed by atoms with E-state index in [1.165, 1.54) is 0 Å². The van der Waals surface area contributed by atoms with E-state index in [0.29, 0.717) is 0 Å². The zero-order chi connectivity index (χ0) is 15.6. The molecule has 1 rings (SSSR count). The molecule has 1 aromatic carbocycles. The molecule has 0 aliphatic rings. The van der Waals surface area contributed by atoms with Crippen molar-refractivity contribution in [3.8, 4) is 5.75 Å². The minimum atomic E-state index is -4.55. The molecule has 20 heavy (non-hydrogen) atoms. The molecule has 0 radical (unpaired) electrons. The number of halogens is 6. The van der Waals surface area contributed by atoms with E-state index in [1.807, 2.05) is 0 Å². The maximum absolute atomic E-state index is 12.5. The van der Waals surface area contributed by atoms with Crippen LogP contribution in [0.1, 0.15) is 30.0 Å². The average Bonchev–Trinajstić information content (AvgIpc) is 2.33. The molecular weight excluding hydrogens is 288 g/mol. The van der Waals surface area contributed by atoms with Crippen LogP contribution in [-0.4, -0.2) is 13.3 Å². The molecule has 0 spiro atoms. The summed E-state index contributed by atoms with van der Waals surface area (Å²) in [6.07, 6.45) is -10.5. The highest BCUT2D eigenvalue weighted by Gasteiger charge is 2.32. The first-order valence-corrected chi connectivity index (χ1v) is 5.62. The predicted octanol–water partition coefficient (Wildman–Crippen LogP) is 4.06. The lowest BCUT2D eigenvalue weighted by Gasteiger charge is -2.18. The van der Waals surface area contributed by atoms with Crippen LogP contribution < -0.4 is 10.5 Å². The Bertz CT molecular complexity index is 454. The van der Waals surface area contributed by atoms with Crippen molar-refractivity contribution in [3.05, 3.63) is 29.3 Å². The minimum absolute atomic E-state index is 0.116. The molecule has 0 saturated heterocycles. The Hall–Kier alpha value is -1.44. The van der Waals surface area contributed by atoms with Crippen molar-refractivity contribution in [2.75, 3.05) is 7.11 Å². The first kappa shape index (κ1) is 16.6. The Morgan fingerprint density at radius 2 is 1.75 bits per heavy atom. The molecule has 0 aliphatic heterocycles. The van der Waals surface area contributed by atoms with Gasteiger partial charge in [-0.2, -0.15) is 26.3 Å². The van der Waals surface area contributed by atoms with E-state index in [2.05, 4.69) is 0 Å². The number of methoxy groups -OCH3 is 1. The summed E-state index contributed by atoms with van der Waals surface area (Å²) in [6.45, 7) is 0. The van der Waals surface area contributed by atoms with Gasteiger partial charge in [0.2, 0.25) is 0 Å². The number of benzene rings is 1. The van der Waals surface area contributed by atoms with E-state index in [-0.39, 0.29) is 11.3 Å². The first-order valence-electron chi connectivity index (χ1n) is 5.62. The summed E-state index contributed by atoms with van der Waals surface area (Å²) in [5.41, 5.74) is 4.75. The average molecular weight is 301 g/mol. The zero-order valence-corrected chi connectivity index (χ0v) is 10.5. The van der Waals surface area contributed by atoms with Gasteiger partial charge in [-0.3, -0.25) is 0 Å². The highest BCUT2D eigenvalue weighted by molar-refractivity contribution is 5.40. The zero-order valence-electron chi connectivity index (χ0n) is 10.5. The Morgan fingerprint density at radius 1 is 1.15 bits per heavy atom. The van der Waals surface area contributed by atoms with Crippen molar-refractivity contribution in [1.29, 1.82) is 0 Å². The number of hydrogen-bond donors (Lipinski definition) is 1. The summed E-state index contributed by atoms with van der Waals surface area (Å²) in [5, 5.41) is 0. The molecule has 1 atom stereocenters. The molecule has 0 aromatic heterocycles. The van der Waals surface area contributed by atoms with Crippen LogP contribution in [-0.2, 0) is 6.18 Å². The van der Waals surface area contributed by atoms with Gasteiger partial charge in [-0.05, 0) is 18.6 Å². The SMILES string of the molecule is COc1cc(C(F)(F)F)ccc1[C@@H](N)CCC(F)(F)F. The van der Waals surface area contributed by atoms with Crippen molar-refractivity contribution >= 4 is 0 Å². The summed E-state index contributed by atoms with van der Waals surface area (Å²) in [6, 6.07) is 1.49. The van der Waals surface area contributed by atoms with Crippen molar-refractivity contribution in [1.82, 2.24) is 0 Å². The predicted molar refractivity (Wildman–Crippen MR) is 60.2 cm³/mol. The van der Waals surface area contributed by atoms with Crippen LogP contribution in [0.2, 0.25) is 0 Å². The molecule has 2 nitrogen and oxygen atoms in total. The maximum Gasteiger partial charge on any atom is 0.416 e. The van der Waals surface area contributed by atoms with Gasteiger partial charge < -0.3 is 10.5 Å². The summed E-state index contributed by atoms with van der Waals surface area (Å²) >= 11 is 0. The lowest BCUT2D eigenvalue weighted by molar-refractivity contribution is -0.137. The number of rotatable bonds is 4. The quantitative estimate of drug-likeness (QED) is 0.851. The summed E-state index contributed by atoms with van der Waals surface area (Å²) in [4.78, 5) is 0. The van der Waals surface area contributed by atoms with E-state index < -0.39 is 36.8 Å². The van der Waals surface area contributed by atoms with E-state index in [9.17, 15) is 26.3 Å². The van der Waals surface area contributed by atoms with Gasteiger partial charge in [0, 0.05) is 18.0 Å². The number of hydrogen-bond acceptors (Lipinski definition) is 2. The van der Waals surface area contributed by atoms with E-state index in [0.717, 1.165) is 25.3 Å². The van der Waals surface area contributed by atoms with Crippen molar-refractivity contribution in [2.24, 2.45) is 5.73 Å². The molecule has 2 N–H and O–H groups in total. The topological polar surface area (TPSA) is 35.2 Å². The lowest BCUT2D eigenvalue weighted by Crippen LogP contribution is -2.17. The molecule has 8 heteroatoms. The number of nitrogens with two attached hydrogens (primary N) is 1. The monoisotopic (exact) mass is 301 g/mol. The molecule has 0 amide bonds. The molecule has 0 aliphatic carbocycles. The maximum atomic E-state index is 12.5. The van der Waals surface area contributed by atoms with Crippen LogP contribution in [0.3, 0.4) is 0 Å². The molecule has 0 bridgehead atoms.